The summed E-state index contributed by atoms with van der Waals surface area (Å²) in [5.74, 6) is -1.74. The molecular weight excluding hydrogens is 462 g/mol. The number of hydrogen-bond acceptors (Lipinski definition) is 6. The van der Waals surface area contributed by atoms with Crippen LogP contribution in [0.15, 0.2) is 42.5 Å². The van der Waals surface area contributed by atoms with Crippen LogP contribution in [0.25, 0.3) is 22.3 Å². The van der Waals surface area contributed by atoms with Crippen molar-refractivity contribution in [2.24, 2.45) is 0 Å². The molecule has 2 aliphatic rings. The maximum Gasteiger partial charge on any atom is 0.254 e. The molecule has 7 nitrogen and oxygen atoms in total. The lowest BCUT2D eigenvalue weighted by Crippen LogP contribution is -2.40. The van der Waals surface area contributed by atoms with Gasteiger partial charge in [0.1, 0.15) is 11.6 Å². The van der Waals surface area contributed by atoms with Gasteiger partial charge in [-0.1, -0.05) is 12.1 Å². The highest BCUT2D eigenvalue weighted by Crippen LogP contribution is 2.34. The summed E-state index contributed by atoms with van der Waals surface area (Å²) in [4.78, 5) is 17.8. The van der Waals surface area contributed by atoms with Crippen molar-refractivity contribution < 1.29 is 22.0 Å². The van der Waals surface area contributed by atoms with Gasteiger partial charge < -0.3 is 16.0 Å². The third-order valence-corrected chi connectivity index (χ3v) is 7.89. The summed E-state index contributed by atoms with van der Waals surface area (Å²) < 4.78 is 52.9. The highest BCUT2D eigenvalue weighted by Gasteiger charge is 2.24. The van der Waals surface area contributed by atoms with Gasteiger partial charge in [0.05, 0.1) is 17.1 Å². The van der Waals surface area contributed by atoms with Crippen molar-refractivity contribution in [1.29, 1.82) is 0 Å². The first kappa shape index (κ1) is 22.3. The molecule has 0 radical (unpaired) electrons. The highest BCUT2D eigenvalue weighted by atomic mass is 32.2. The van der Waals surface area contributed by atoms with Gasteiger partial charge in [0.25, 0.3) is 5.91 Å². The molecule has 0 unspecified atom stereocenters. The van der Waals surface area contributed by atoms with Crippen molar-refractivity contribution in [2.75, 3.05) is 41.8 Å². The van der Waals surface area contributed by atoms with Crippen LogP contribution in [0.3, 0.4) is 0 Å². The molecule has 176 valence electrons. The lowest BCUT2D eigenvalue weighted by atomic mass is 9.93. The summed E-state index contributed by atoms with van der Waals surface area (Å²) in [6.07, 6.45) is 0.479. The lowest BCUT2D eigenvalue weighted by Gasteiger charge is -2.28. The number of rotatable bonds is 3. The van der Waals surface area contributed by atoms with E-state index in [1.807, 2.05) is 4.90 Å². The number of carbonyl (C=O) groups excluding carboxylic acids is 1. The van der Waals surface area contributed by atoms with Crippen LogP contribution in [0.5, 0.6) is 0 Å². The van der Waals surface area contributed by atoms with Gasteiger partial charge in [0.2, 0.25) is 5.95 Å². The van der Waals surface area contributed by atoms with Crippen LogP contribution in [-0.2, 0) is 16.3 Å². The number of carbonyl (C=O) groups is 1. The van der Waals surface area contributed by atoms with E-state index in [0.717, 1.165) is 5.69 Å². The second kappa shape index (κ2) is 8.35. The number of nitrogens with two attached hydrogens (primary N) is 1. The van der Waals surface area contributed by atoms with Crippen LogP contribution < -0.4 is 16.0 Å². The Morgan fingerprint density at radius 3 is 2.38 bits per heavy atom. The van der Waals surface area contributed by atoms with E-state index in [2.05, 4.69) is 10.3 Å². The zero-order chi connectivity index (χ0) is 24.0. The predicted octanol–water partition coefficient (Wildman–Crippen LogP) is 2.80. The Labute approximate surface area is 195 Å². The van der Waals surface area contributed by atoms with Gasteiger partial charge in [0.15, 0.2) is 9.84 Å². The molecule has 1 aromatic heterocycles. The summed E-state index contributed by atoms with van der Waals surface area (Å²) in [7, 11) is -2.99. The fourth-order valence-electron chi connectivity index (χ4n) is 4.43. The largest absolute Gasteiger partial charge is 0.383 e. The summed E-state index contributed by atoms with van der Waals surface area (Å²) in [6.45, 7) is 1.23. The molecule has 3 aromatic rings. The van der Waals surface area contributed by atoms with Crippen molar-refractivity contribution in [3.63, 3.8) is 0 Å². The number of amides is 1. The monoisotopic (exact) mass is 484 g/mol. The standard InChI is InChI=1S/C24H22F2N4O3S/c25-20-12-16(11-15-5-6-28-24(31)21(15)20)19-13-18(22(26)29-23(19)27)14-1-3-17(4-2-14)30-7-9-34(32,33)10-8-30/h1-4,11-13H,5-10H2,(H2,27,29)(H,28,31). The summed E-state index contributed by atoms with van der Waals surface area (Å²) in [5, 5.41) is 2.62. The molecule has 2 aromatic carbocycles. The minimum atomic E-state index is -2.99. The van der Waals surface area contributed by atoms with Crippen LogP contribution >= 0.6 is 0 Å². The SMILES string of the molecule is Nc1nc(F)c(-c2ccc(N3CCS(=O)(=O)CC3)cc2)cc1-c1cc(F)c2c(c1)CCNC2=O. The molecule has 34 heavy (non-hydrogen) atoms. The normalized spacial score (nSPS) is 17.2. The number of nitrogen functional groups attached to an aromatic ring is 1. The van der Waals surface area contributed by atoms with Crippen molar-refractivity contribution >= 4 is 27.2 Å². The first-order chi connectivity index (χ1) is 16.2. The average Bonchev–Trinajstić information content (AvgIpc) is 2.79. The topological polar surface area (TPSA) is 105 Å². The molecule has 1 saturated heterocycles. The van der Waals surface area contributed by atoms with E-state index in [-0.39, 0.29) is 28.5 Å². The Balaban J connectivity index is 1.49. The first-order valence-corrected chi connectivity index (χ1v) is 12.7. The van der Waals surface area contributed by atoms with Gasteiger partial charge >= 0.3 is 0 Å². The number of pyridine rings is 1. The van der Waals surface area contributed by atoms with Crippen LogP contribution in [0.2, 0.25) is 0 Å². The molecule has 5 rings (SSSR count). The molecule has 3 N–H and O–H groups in total. The number of aromatic nitrogens is 1. The second-order valence-corrected chi connectivity index (χ2v) is 10.7. The Kier molecular flexibility index (Phi) is 5.47. The number of fused-ring (bicyclic) bond motifs is 1. The highest BCUT2D eigenvalue weighted by molar-refractivity contribution is 7.91. The molecule has 2 aliphatic heterocycles. The van der Waals surface area contributed by atoms with E-state index >= 15 is 0 Å². The van der Waals surface area contributed by atoms with E-state index < -0.39 is 27.5 Å². The number of anilines is 2. The van der Waals surface area contributed by atoms with E-state index in [9.17, 15) is 22.0 Å². The Morgan fingerprint density at radius 1 is 0.971 bits per heavy atom. The first-order valence-electron chi connectivity index (χ1n) is 10.8. The fraction of sp³-hybridized carbons (Fsp3) is 0.250. The number of nitrogens with zero attached hydrogens (tertiary/aromatic N) is 2. The molecule has 0 bridgehead atoms. The third kappa shape index (κ3) is 4.09. The van der Waals surface area contributed by atoms with Crippen molar-refractivity contribution in [2.45, 2.75) is 6.42 Å². The summed E-state index contributed by atoms with van der Waals surface area (Å²) >= 11 is 0. The van der Waals surface area contributed by atoms with Crippen molar-refractivity contribution in [1.82, 2.24) is 10.3 Å². The van der Waals surface area contributed by atoms with E-state index in [1.54, 1.807) is 30.3 Å². The predicted molar refractivity (Wildman–Crippen MR) is 126 cm³/mol. The summed E-state index contributed by atoms with van der Waals surface area (Å²) in [5.41, 5.74) is 8.96. The maximum atomic E-state index is 14.8. The van der Waals surface area contributed by atoms with Crippen LogP contribution in [0.1, 0.15) is 15.9 Å². The second-order valence-electron chi connectivity index (χ2n) is 8.44. The van der Waals surface area contributed by atoms with Crippen LogP contribution in [-0.4, -0.2) is 50.4 Å². The summed E-state index contributed by atoms with van der Waals surface area (Å²) in [6, 6.07) is 11.5. The van der Waals surface area contributed by atoms with Gasteiger partial charge in [0, 0.05) is 36.4 Å². The third-order valence-electron chi connectivity index (χ3n) is 6.28. The lowest BCUT2D eigenvalue weighted by molar-refractivity contribution is 0.0941. The molecule has 1 fully saturated rings. The van der Waals surface area contributed by atoms with Gasteiger partial charge in [-0.25, -0.2) is 17.8 Å². The Morgan fingerprint density at radius 2 is 1.68 bits per heavy atom. The van der Waals surface area contributed by atoms with E-state index in [4.69, 9.17) is 5.73 Å². The van der Waals surface area contributed by atoms with Crippen molar-refractivity contribution in [3.8, 4) is 22.3 Å². The molecular formula is C24H22F2N4O3S. The Bertz CT molecular complexity index is 1390. The number of nitrogens with one attached hydrogen (secondary N) is 1. The minimum absolute atomic E-state index is 0.0185. The molecule has 0 saturated carbocycles. The molecule has 1 amide bonds. The number of sulfone groups is 1. The Hall–Kier alpha value is -3.53. The molecule has 0 atom stereocenters. The molecule has 0 aliphatic carbocycles. The van der Waals surface area contributed by atoms with Gasteiger partial charge in [-0.3, -0.25) is 4.79 Å². The molecule has 3 heterocycles. The molecule has 0 spiro atoms. The van der Waals surface area contributed by atoms with Crippen LogP contribution in [0.4, 0.5) is 20.3 Å². The maximum absolute atomic E-state index is 14.8. The van der Waals surface area contributed by atoms with Crippen molar-refractivity contribution in [3.05, 3.63) is 65.4 Å². The quantitative estimate of drug-likeness (QED) is 0.554. The van der Waals surface area contributed by atoms with E-state index in [0.29, 0.717) is 48.3 Å². The number of benzene rings is 2. The zero-order valence-electron chi connectivity index (χ0n) is 18.1. The number of halogens is 2. The van der Waals surface area contributed by atoms with E-state index in [1.165, 1.54) is 12.1 Å². The van der Waals surface area contributed by atoms with Gasteiger partial charge in [-0.05, 0) is 53.4 Å². The smallest absolute Gasteiger partial charge is 0.254 e. The average molecular weight is 485 g/mol. The van der Waals surface area contributed by atoms with Gasteiger partial charge in [-0.2, -0.15) is 4.39 Å². The zero-order valence-corrected chi connectivity index (χ0v) is 19.0. The molecule has 10 heteroatoms. The van der Waals surface area contributed by atoms with Gasteiger partial charge in [-0.15, -0.1) is 0 Å². The fourth-order valence-corrected chi connectivity index (χ4v) is 5.63. The van der Waals surface area contributed by atoms with Crippen LogP contribution in [0, 0.1) is 11.8 Å². The minimum Gasteiger partial charge on any atom is -0.383 e. The number of hydrogen-bond donors (Lipinski definition) is 2.